The van der Waals surface area contributed by atoms with Crippen LogP contribution in [0.5, 0.6) is 0 Å². The molecular formula is C12H11NO2. The van der Waals surface area contributed by atoms with E-state index in [1.165, 1.54) is 6.21 Å². The molecule has 0 aliphatic carbocycles. The summed E-state index contributed by atoms with van der Waals surface area (Å²) in [6.07, 6.45) is 1.20. The highest BCUT2D eigenvalue weighted by atomic mass is 16.5. The lowest BCUT2D eigenvalue weighted by atomic mass is 10.1. The average molecular weight is 201 g/mol. The lowest BCUT2D eigenvalue weighted by Gasteiger charge is -2.05. The van der Waals surface area contributed by atoms with E-state index in [0.29, 0.717) is 10.4 Å². The van der Waals surface area contributed by atoms with Gasteiger partial charge in [0.25, 0.3) is 0 Å². The van der Waals surface area contributed by atoms with Crippen molar-refractivity contribution >= 4 is 22.7 Å². The standard InChI is InChI=1S/C12H11NO2/c14-9-8-13(15)12-7-3-5-10-4-1-2-6-11(10)12/h1-8,14H,9H2. The second-order valence-electron chi connectivity index (χ2n) is 3.19. The molecule has 0 atom stereocenters. The highest BCUT2D eigenvalue weighted by Crippen LogP contribution is 2.24. The van der Waals surface area contributed by atoms with Crippen LogP contribution < -0.4 is 0 Å². The predicted molar refractivity (Wildman–Crippen MR) is 60.4 cm³/mol. The molecule has 0 bridgehead atoms. The number of hydrogen-bond acceptors (Lipinski definition) is 2. The van der Waals surface area contributed by atoms with Gasteiger partial charge in [-0.1, -0.05) is 30.3 Å². The van der Waals surface area contributed by atoms with Crippen LogP contribution in [0.25, 0.3) is 10.8 Å². The van der Waals surface area contributed by atoms with Crippen LogP contribution >= 0.6 is 0 Å². The van der Waals surface area contributed by atoms with Gasteiger partial charge in [-0.3, -0.25) is 0 Å². The van der Waals surface area contributed by atoms with Gasteiger partial charge in [0, 0.05) is 6.07 Å². The van der Waals surface area contributed by atoms with E-state index in [9.17, 15) is 5.21 Å². The summed E-state index contributed by atoms with van der Waals surface area (Å²) in [7, 11) is 0. The first kappa shape index (κ1) is 9.68. The van der Waals surface area contributed by atoms with Crippen molar-refractivity contribution in [3.63, 3.8) is 0 Å². The van der Waals surface area contributed by atoms with Crippen molar-refractivity contribution in [2.75, 3.05) is 6.61 Å². The van der Waals surface area contributed by atoms with E-state index in [1.54, 1.807) is 6.07 Å². The zero-order valence-electron chi connectivity index (χ0n) is 8.13. The van der Waals surface area contributed by atoms with E-state index < -0.39 is 0 Å². The Morgan fingerprint density at radius 1 is 1.13 bits per heavy atom. The van der Waals surface area contributed by atoms with Gasteiger partial charge in [-0.15, -0.1) is 0 Å². The van der Waals surface area contributed by atoms with E-state index >= 15 is 0 Å². The molecule has 3 nitrogen and oxygen atoms in total. The summed E-state index contributed by atoms with van der Waals surface area (Å²) in [5, 5.41) is 22.1. The Balaban J connectivity index is 2.66. The maximum atomic E-state index is 11.6. The molecule has 15 heavy (non-hydrogen) atoms. The fourth-order valence-electron chi connectivity index (χ4n) is 1.57. The normalized spacial score (nSPS) is 11.9. The van der Waals surface area contributed by atoms with Gasteiger partial charge in [0.2, 0.25) is 5.69 Å². The fraction of sp³-hybridized carbons (Fsp3) is 0.0833. The summed E-state index contributed by atoms with van der Waals surface area (Å²) in [6.45, 7) is -0.257. The number of nitrogens with zero attached hydrogens (tertiary/aromatic N) is 1. The number of fused-ring (bicyclic) bond motifs is 1. The quantitative estimate of drug-likeness (QED) is 0.350. The minimum absolute atomic E-state index is 0.257. The van der Waals surface area contributed by atoms with Gasteiger partial charge in [-0.25, -0.2) is 0 Å². The number of benzene rings is 2. The smallest absolute Gasteiger partial charge is 0.224 e. The van der Waals surface area contributed by atoms with Crippen molar-refractivity contribution in [3.8, 4) is 0 Å². The highest BCUT2D eigenvalue weighted by Gasteiger charge is 2.05. The first-order valence-corrected chi connectivity index (χ1v) is 4.71. The third-order valence-corrected chi connectivity index (χ3v) is 2.25. The summed E-state index contributed by atoms with van der Waals surface area (Å²) in [4.78, 5) is 0. The molecule has 0 aromatic heterocycles. The minimum Gasteiger partial charge on any atom is -0.618 e. The van der Waals surface area contributed by atoms with Crippen LogP contribution in [-0.4, -0.2) is 22.7 Å². The Hall–Kier alpha value is -1.87. The number of aliphatic hydroxyl groups excluding tert-OH is 1. The van der Waals surface area contributed by atoms with Crippen LogP contribution in [0.15, 0.2) is 42.5 Å². The lowest BCUT2D eigenvalue weighted by molar-refractivity contribution is -0.355. The Morgan fingerprint density at radius 2 is 1.87 bits per heavy atom. The van der Waals surface area contributed by atoms with E-state index in [2.05, 4.69) is 0 Å². The first-order chi connectivity index (χ1) is 7.33. The SMILES string of the molecule is [O-][N+](=CCO)c1cccc2ccccc12. The second kappa shape index (κ2) is 4.11. The van der Waals surface area contributed by atoms with Crippen molar-refractivity contribution in [2.24, 2.45) is 0 Å². The number of hydrogen-bond donors (Lipinski definition) is 1. The molecule has 3 heteroatoms. The topological polar surface area (TPSA) is 46.3 Å². The molecule has 2 aromatic rings. The van der Waals surface area contributed by atoms with Gasteiger partial charge in [0.15, 0.2) is 6.21 Å². The van der Waals surface area contributed by atoms with Crippen molar-refractivity contribution < 1.29 is 9.85 Å². The Bertz CT molecular complexity index is 500. The van der Waals surface area contributed by atoms with Crippen LogP contribution in [0, 0.1) is 5.21 Å². The molecule has 1 N–H and O–H groups in total. The summed E-state index contributed by atoms with van der Waals surface area (Å²) in [6, 6.07) is 13.2. The number of aliphatic hydroxyl groups is 1. The molecular weight excluding hydrogens is 190 g/mol. The molecule has 0 aliphatic heterocycles. The van der Waals surface area contributed by atoms with E-state index in [1.807, 2.05) is 36.4 Å². The van der Waals surface area contributed by atoms with Gasteiger partial charge in [-0.05, 0) is 11.5 Å². The second-order valence-corrected chi connectivity index (χ2v) is 3.19. The van der Waals surface area contributed by atoms with Gasteiger partial charge in [0.05, 0.1) is 5.39 Å². The summed E-state index contributed by atoms with van der Waals surface area (Å²) < 4.78 is 0.697. The predicted octanol–water partition coefficient (Wildman–Crippen LogP) is 2.04. The Kier molecular flexibility index (Phi) is 2.65. The third kappa shape index (κ3) is 1.82. The van der Waals surface area contributed by atoms with Gasteiger partial charge >= 0.3 is 0 Å². The van der Waals surface area contributed by atoms with E-state index in [-0.39, 0.29) is 6.61 Å². The maximum absolute atomic E-state index is 11.6. The van der Waals surface area contributed by atoms with Crippen LogP contribution in [0.4, 0.5) is 5.69 Å². The van der Waals surface area contributed by atoms with Crippen molar-refractivity contribution in [1.82, 2.24) is 0 Å². The monoisotopic (exact) mass is 201 g/mol. The zero-order valence-corrected chi connectivity index (χ0v) is 8.13. The fourth-order valence-corrected chi connectivity index (χ4v) is 1.57. The van der Waals surface area contributed by atoms with Crippen molar-refractivity contribution in [2.45, 2.75) is 0 Å². The Labute approximate surface area is 87.5 Å². The third-order valence-electron chi connectivity index (χ3n) is 2.25. The number of rotatable bonds is 2. The largest absolute Gasteiger partial charge is 0.618 e. The van der Waals surface area contributed by atoms with E-state index in [0.717, 1.165) is 10.8 Å². The molecule has 2 rings (SSSR count). The van der Waals surface area contributed by atoms with E-state index in [4.69, 9.17) is 5.11 Å². The molecule has 0 heterocycles. The lowest BCUT2D eigenvalue weighted by Crippen LogP contribution is -2.00. The molecule has 76 valence electrons. The molecule has 0 saturated carbocycles. The van der Waals surface area contributed by atoms with Gasteiger partial charge < -0.3 is 10.3 Å². The molecule has 0 fully saturated rings. The summed E-state index contributed by atoms with van der Waals surface area (Å²) in [5.41, 5.74) is 0.558. The molecule has 0 spiro atoms. The summed E-state index contributed by atoms with van der Waals surface area (Å²) in [5.74, 6) is 0. The molecule has 0 amide bonds. The van der Waals surface area contributed by atoms with Gasteiger partial charge in [-0.2, -0.15) is 4.74 Å². The molecule has 2 aromatic carbocycles. The van der Waals surface area contributed by atoms with Crippen LogP contribution in [0.1, 0.15) is 0 Å². The van der Waals surface area contributed by atoms with Crippen molar-refractivity contribution in [1.29, 1.82) is 0 Å². The van der Waals surface area contributed by atoms with Gasteiger partial charge in [0.1, 0.15) is 6.61 Å². The Morgan fingerprint density at radius 3 is 2.67 bits per heavy atom. The van der Waals surface area contributed by atoms with Crippen LogP contribution in [0.3, 0.4) is 0 Å². The van der Waals surface area contributed by atoms with Crippen LogP contribution in [0.2, 0.25) is 0 Å². The molecule has 0 unspecified atom stereocenters. The van der Waals surface area contributed by atoms with Crippen LogP contribution in [-0.2, 0) is 0 Å². The molecule has 0 aliphatic rings. The molecule has 0 radical (unpaired) electrons. The average Bonchev–Trinajstić information content (AvgIpc) is 2.28. The molecule has 0 saturated heterocycles. The van der Waals surface area contributed by atoms with Crippen molar-refractivity contribution in [3.05, 3.63) is 47.7 Å². The zero-order chi connectivity index (χ0) is 10.7. The maximum Gasteiger partial charge on any atom is 0.224 e. The minimum atomic E-state index is -0.257. The first-order valence-electron chi connectivity index (χ1n) is 4.71. The summed E-state index contributed by atoms with van der Waals surface area (Å²) >= 11 is 0. The highest BCUT2D eigenvalue weighted by molar-refractivity contribution is 5.91.